The first-order valence-electron chi connectivity index (χ1n) is 15.4. The van der Waals surface area contributed by atoms with E-state index >= 15 is 0 Å². The summed E-state index contributed by atoms with van der Waals surface area (Å²) in [7, 11) is 5.05. The van der Waals surface area contributed by atoms with E-state index in [0.717, 1.165) is 0 Å². The molecule has 6 fully saturated rings. The molecule has 6 aliphatic rings. The van der Waals surface area contributed by atoms with E-state index < -0.39 is 34.3 Å². The summed E-state index contributed by atoms with van der Waals surface area (Å²) in [5.41, 5.74) is -3.57. The number of carbonyl (C=O) groups excluding carboxylic acids is 2. The van der Waals surface area contributed by atoms with Crippen LogP contribution >= 0.6 is 0 Å². The van der Waals surface area contributed by atoms with E-state index in [1.807, 2.05) is 0 Å². The van der Waals surface area contributed by atoms with Gasteiger partial charge in [0.25, 0.3) is 0 Å². The van der Waals surface area contributed by atoms with Crippen LogP contribution < -0.4 is 5.32 Å². The number of rotatable bonds is 7. The first kappa shape index (κ1) is 28.7. The Balaban J connectivity index is 1.38. The van der Waals surface area contributed by atoms with Gasteiger partial charge >= 0.3 is 5.97 Å². The van der Waals surface area contributed by atoms with E-state index in [4.69, 9.17) is 18.9 Å². The normalized spacial score (nSPS) is 48.2. The molecule has 1 heterocycles. The molecule has 10 heteroatoms. The van der Waals surface area contributed by atoms with Crippen LogP contribution in [0.5, 0.6) is 0 Å². The standard InChI is InChI=1S/C32H44N2O8/c1-6-34-16-29(42-28(36)18-9-7-8-10-21(18)33-17(2)35)12-11-25(40-4)31-23(29)14-20(26(31)34)30(37)15-22(39-3)19-13-24(31)32(30,38)27(19)41-5/h7-10,19-20,22-27,37-38H,6,11-16H2,1-5H3,(H,33,35)/t19-,20+,22+,23-,24-,25+,26+,27-,29-,30+,31+,32+/m1/s1. The fraction of sp³-hybridized carbons (Fsp3) is 0.750. The number of aliphatic hydroxyl groups is 2. The van der Waals surface area contributed by atoms with Crippen molar-refractivity contribution in [3.05, 3.63) is 29.8 Å². The number of amides is 1. The third-order valence-electron chi connectivity index (χ3n) is 12.6. The molecule has 3 N–H and O–H groups in total. The third-order valence-corrected chi connectivity index (χ3v) is 12.6. The van der Waals surface area contributed by atoms with Crippen molar-refractivity contribution in [2.45, 2.75) is 87.1 Å². The molecule has 0 radical (unpaired) electrons. The molecule has 12 atom stereocenters. The molecule has 230 valence electrons. The SMILES string of the molecule is CCN1C[C@]2(OC(=O)c3ccccc3NC(C)=O)CC[C@H](OC)[C@]34[C@@H]1[C@H](C[C@H]23)[C@@]1(O)C[C@H](OC)[C@H]2C[C@H]4[C@]1(O)[C@@H]2OC. The molecule has 1 aromatic rings. The Morgan fingerprint density at radius 2 is 1.83 bits per heavy atom. The lowest BCUT2D eigenvalue weighted by molar-refractivity contribution is -0.337. The van der Waals surface area contributed by atoms with E-state index in [1.165, 1.54) is 6.92 Å². The molecule has 5 aliphatic carbocycles. The number of methoxy groups -OCH3 is 3. The number of esters is 1. The molecule has 1 aromatic carbocycles. The van der Waals surface area contributed by atoms with Crippen LogP contribution in [0.25, 0.3) is 0 Å². The van der Waals surface area contributed by atoms with Crippen molar-refractivity contribution < 1.29 is 38.7 Å². The highest BCUT2D eigenvalue weighted by atomic mass is 16.6. The fourth-order valence-corrected chi connectivity index (χ4v) is 11.6. The molecule has 1 saturated heterocycles. The number of piperidine rings is 1. The Hall–Kier alpha value is -2.08. The van der Waals surface area contributed by atoms with Crippen LogP contribution in [0.3, 0.4) is 0 Å². The molecular formula is C32H44N2O8. The summed E-state index contributed by atoms with van der Waals surface area (Å²) in [6.07, 6.45) is 1.91. The largest absolute Gasteiger partial charge is 0.454 e. The van der Waals surface area contributed by atoms with Crippen LogP contribution in [0.2, 0.25) is 0 Å². The molecule has 10 nitrogen and oxygen atoms in total. The number of ether oxygens (including phenoxy) is 4. The minimum Gasteiger partial charge on any atom is -0.454 e. The van der Waals surface area contributed by atoms with Crippen molar-refractivity contribution in [3.63, 3.8) is 0 Å². The van der Waals surface area contributed by atoms with Crippen LogP contribution in [0.4, 0.5) is 5.69 Å². The summed E-state index contributed by atoms with van der Waals surface area (Å²) in [5, 5.41) is 28.4. The van der Waals surface area contributed by atoms with Crippen LogP contribution in [-0.2, 0) is 23.7 Å². The number of para-hydroxylation sites is 1. The van der Waals surface area contributed by atoms with Gasteiger partial charge in [0.05, 0.1) is 29.6 Å². The molecule has 7 bridgehead atoms. The summed E-state index contributed by atoms with van der Waals surface area (Å²) >= 11 is 0. The van der Waals surface area contributed by atoms with Gasteiger partial charge in [0.1, 0.15) is 16.8 Å². The van der Waals surface area contributed by atoms with Crippen molar-refractivity contribution >= 4 is 17.6 Å². The van der Waals surface area contributed by atoms with Gasteiger partial charge < -0.3 is 34.5 Å². The van der Waals surface area contributed by atoms with Crippen molar-refractivity contribution in [1.82, 2.24) is 4.90 Å². The highest BCUT2D eigenvalue weighted by Crippen LogP contribution is 2.79. The highest BCUT2D eigenvalue weighted by Gasteiger charge is 2.89. The van der Waals surface area contributed by atoms with Gasteiger partial charge in [0.15, 0.2) is 0 Å². The Kier molecular flexibility index (Phi) is 6.46. The summed E-state index contributed by atoms with van der Waals surface area (Å²) in [5.74, 6) is -1.54. The molecular weight excluding hydrogens is 540 g/mol. The summed E-state index contributed by atoms with van der Waals surface area (Å²) in [6.45, 7) is 4.79. The lowest BCUT2D eigenvalue weighted by atomic mass is 9.44. The molecule has 0 unspecified atom stereocenters. The second-order valence-electron chi connectivity index (χ2n) is 13.7. The summed E-state index contributed by atoms with van der Waals surface area (Å²) < 4.78 is 25.1. The Bertz CT molecular complexity index is 1290. The van der Waals surface area contributed by atoms with E-state index in [1.54, 1.807) is 45.6 Å². The summed E-state index contributed by atoms with van der Waals surface area (Å²) in [4.78, 5) is 28.3. The van der Waals surface area contributed by atoms with Gasteiger partial charge in [-0.15, -0.1) is 0 Å². The Morgan fingerprint density at radius 3 is 2.50 bits per heavy atom. The number of benzene rings is 1. The zero-order valence-electron chi connectivity index (χ0n) is 25.2. The predicted molar refractivity (Wildman–Crippen MR) is 152 cm³/mol. The maximum absolute atomic E-state index is 14.0. The monoisotopic (exact) mass is 584 g/mol. The zero-order chi connectivity index (χ0) is 29.8. The molecule has 1 aliphatic heterocycles. The first-order chi connectivity index (χ1) is 20.1. The molecule has 0 aromatic heterocycles. The number of likely N-dealkylation sites (N-methyl/N-ethyl adjacent to an activating group) is 1. The smallest absolute Gasteiger partial charge is 0.340 e. The number of nitrogens with one attached hydrogen (secondary N) is 1. The zero-order valence-corrected chi connectivity index (χ0v) is 25.2. The van der Waals surface area contributed by atoms with Gasteiger partial charge in [-0.05, 0) is 44.4 Å². The van der Waals surface area contributed by atoms with E-state index in [-0.39, 0.29) is 47.8 Å². The number of nitrogens with zero attached hydrogens (tertiary/aromatic N) is 1. The number of hydrogen-bond donors (Lipinski definition) is 3. The van der Waals surface area contributed by atoms with Gasteiger partial charge in [-0.3, -0.25) is 9.69 Å². The van der Waals surface area contributed by atoms with E-state index in [2.05, 4.69) is 17.1 Å². The minimum absolute atomic E-state index is 0.0432. The number of fused-ring (bicyclic) bond motifs is 2. The lowest BCUT2D eigenvalue weighted by Crippen LogP contribution is -2.83. The van der Waals surface area contributed by atoms with Crippen LogP contribution in [0, 0.1) is 29.1 Å². The van der Waals surface area contributed by atoms with Crippen LogP contribution in [0.15, 0.2) is 24.3 Å². The summed E-state index contributed by atoms with van der Waals surface area (Å²) in [6, 6.07) is 6.89. The fourth-order valence-electron chi connectivity index (χ4n) is 11.6. The van der Waals surface area contributed by atoms with Crippen LogP contribution in [-0.4, -0.2) is 103 Å². The Labute approximate surface area is 247 Å². The number of carbonyl (C=O) groups is 2. The second kappa shape index (κ2) is 9.46. The average molecular weight is 585 g/mol. The van der Waals surface area contributed by atoms with Gasteiger partial charge in [-0.1, -0.05) is 19.1 Å². The van der Waals surface area contributed by atoms with Gasteiger partial charge in [0.2, 0.25) is 5.91 Å². The quantitative estimate of drug-likeness (QED) is 0.414. The van der Waals surface area contributed by atoms with E-state index in [0.29, 0.717) is 56.4 Å². The second-order valence-corrected chi connectivity index (χ2v) is 13.7. The Morgan fingerprint density at radius 1 is 1.07 bits per heavy atom. The van der Waals surface area contributed by atoms with E-state index in [9.17, 15) is 19.8 Å². The molecule has 1 spiro atoms. The molecule has 42 heavy (non-hydrogen) atoms. The minimum atomic E-state index is -1.48. The van der Waals surface area contributed by atoms with Crippen molar-refractivity contribution in [1.29, 1.82) is 0 Å². The first-order valence-corrected chi connectivity index (χ1v) is 15.4. The molecule has 5 saturated carbocycles. The van der Waals surface area contributed by atoms with Gasteiger partial charge in [-0.25, -0.2) is 4.79 Å². The number of anilines is 1. The number of hydrogen-bond acceptors (Lipinski definition) is 9. The van der Waals surface area contributed by atoms with Crippen molar-refractivity contribution in [3.8, 4) is 0 Å². The topological polar surface area (TPSA) is 127 Å². The average Bonchev–Trinajstić information content (AvgIpc) is 3.39. The van der Waals surface area contributed by atoms with Gasteiger partial charge in [0, 0.05) is 76.3 Å². The van der Waals surface area contributed by atoms with Gasteiger partial charge in [-0.2, -0.15) is 0 Å². The van der Waals surface area contributed by atoms with Crippen LogP contribution in [0.1, 0.15) is 56.3 Å². The maximum Gasteiger partial charge on any atom is 0.340 e. The van der Waals surface area contributed by atoms with Crippen molar-refractivity contribution in [2.24, 2.45) is 29.1 Å². The lowest BCUT2D eigenvalue weighted by Gasteiger charge is -2.70. The highest BCUT2D eigenvalue weighted by molar-refractivity contribution is 6.00. The molecule has 7 rings (SSSR count). The third kappa shape index (κ3) is 3.21. The molecule has 1 amide bonds. The predicted octanol–water partition coefficient (Wildman–Crippen LogP) is 2.22. The maximum atomic E-state index is 14.0. The van der Waals surface area contributed by atoms with Crippen molar-refractivity contribution in [2.75, 3.05) is 39.7 Å². The number of likely N-dealkylation sites (tertiary alicyclic amines) is 1.